The van der Waals surface area contributed by atoms with Crippen molar-refractivity contribution in [2.75, 3.05) is 0 Å². The third-order valence-corrected chi connectivity index (χ3v) is 5.93. The molecule has 0 radical (unpaired) electrons. The van der Waals surface area contributed by atoms with Gasteiger partial charge in [-0.3, -0.25) is 4.79 Å². The average molecular weight is 412 g/mol. The first-order valence-corrected chi connectivity index (χ1v) is 9.79. The summed E-state index contributed by atoms with van der Waals surface area (Å²) in [5.74, 6) is -2.34. The number of hydrogen-bond acceptors (Lipinski definition) is 5. The summed E-state index contributed by atoms with van der Waals surface area (Å²) in [6.45, 7) is 0. The minimum absolute atomic E-state index is 0.0104. The molecule has 0 aromatic heterocycles. The molecule has 0 saturated carbocycles. The molecule has 1 amide bonds. The van der Waals surface area contributed by atoms with E-state index in [1.165, 1.54) is 36.4 Å². The molecule has 0 bridgehead atoms. The Morgan fingerprint density at radius 2 is 1.81 bits per heavy atom. The Labute approximate surface area is 157 Å². The summed E-state index contributed by atoms with van der Waals surface area (Å²) < 4.78 is 51.4. The van der Waals surface area contributed by atoms with Crippen LogP contribution in [0.2, 0.25) is 0 Å². The van der Waals surface area contributed by atoms with Gasteiger partial charge in [0.1, 0.15) is 11.6 Å². The number of rotatable bonds is 4. The van der Waals surface area contributed by atoms with Crippen molar-refractivity contribution in [3.05, 3.63) is 70.6 Å². The predicted octanol–water partition coefficient (Wildman–Crippen LogP) is 3.06. The standard InChI is InChI=1S/C16H10F2N2O3S3/c17-11-7-6-10(13(18)9-11)8-14-15(21)20(16(24)25-14)19-26(22,23)12-4-2-1-3-5-12/h1-9,19H/b14-8-. The van der Waals surface area contributed by atoms with E-state index < -0.39 is 27.6 Å². The Kier molecular flexibility index (Phi) is 5.19. The highest BCUT2D eigenvalue weighted by Gasteiger charge is 2.35. The van der Waals surface area contributed by atoms with E-state index in [9.17, 15) is 22.0 Å². The molecule has 1 heterocycles. The number of carbonyl (C=O) groups excluding carboxylic acids is 1. The molecule has 134 valence electrons. The number of hydrazine groups is 1. The molecular weight excluding hydrogens is 402 g/mol. The SMILES string of the molecule is O=C1/C(=C/c2ccc(F)cc2F)SC(=S)N1NS(=O)(=O)c1ccccc1. The van der Waals surface area contributed by atoms with Crippen LogP contribution in [0.5, 0.6) is 0 Å². The smallest absolute Gasteiger partial charge is 0.267 e. The molecule has 0 spiro atoms. The lowest BCUT2D eigenvalue weighted by molar-refractivity contribution is -0.123. The van der Waals surface area contributed by atoms with E-state index in [0.717, 1.165) is 17.8 Å². The van der Waals surface area contributed by atoms with Crippen LogP contribution in [-0.4, -0.2) is 23.7 Å². The van der Waals surface area contributed by atoms with Crippen LogP contribution < -0.4 is 4.83 Å². The van der Waals surface area contributed by atoms with Crippen LogP contribution in [0.1, 0.15) is 5.56 Å². The van der Waals surface area contributed by atoms with Gasteiger partial charge in [0.05, 0.1) is 9.80 Å². The van der Waals surface area contributed by atoms with E-state index in [-0.39, 0.29) is 19.7 Å². The van der Waals surface area contributed by atoms with Crippen LogP contribution in [0.4, 0.5) is 8.78 Å². The second-order valence-corrected chi connectivity index (χ2v) is 8.43. The Morgan fingerprint density at radius 3 is 2.46 bits per heavy atom. The molecule has 2 aromatic rings. The lowest BCUT2D eigenvalue weighted by Gasteiger charge is -2.15. The molecule has 1 aliphatic heterocycles. The number of thiocarbonyl (C=S) groups is 1. The largest absolute Gasteiger partial charge is 0.281 e. The summed E-state index contributed by atoms with van der Waals surface area (Å²) in [5.41, 5.74) is -0.0159. The van der Waals surface area contributed by atoms with Crippen molar-refractivity contribution in [1.82, 2.24) is 9.84 Å². The number of thioether (sulfide) groups is 1. The molecule has 0 aliphatic carbocycles. The molecule has 1 fully saturated rings. The Morgan fingerprint density at radius 1 is 1.12 bits per heavy atom. The maximum atomic E-state index is 13.8. The first-order chi connectivity index (χ1) is 12.3. The van der Waals surface area contributed by atoms with Gasteiger partial charge in [-0.1, -0.05) is 42.2 Å². The lowest BCUT2D eigenvalue weighted by atomic mass is 10.2. The summed E-state index contributed by atoms with van der Waals surface area (Å²) >= 11 is 5.84. The van der Waals surface area contributed by atoms with Crippen molar-refractivity contribution in [2.24, 2.45) is 0 Å². The minimum atomic E-state index is -4.02. The van der Waals surface area contributed by atoms with Crippen LogP contribution in [0.15, 0.2) is 58.3 Å². The summed E-state index contributed by atoms with van der Waals surface area (Å²) in [6, 6.07) is 10.4. The van der Waals surface area contributed by atoms with Crippen molar-refractivity contribution in [1.29, 1.82) is 0 Å². The molecule has 2 aromatic carbocycles. The van der Waals surface area contributed by atoms with Crippen molar-refractivity contribution in [2.45, 2.75) is 4.90 Å². The minimum Gasteiger partial charge on any atom is -0.267 e. The van der Waals surface area contributed by atoms with Gasteiger partial charge in [-0.15, -0.1) is 4.83 Å². The van der Waals surface area contributed by atoms with Gasteiger partial charge in [0.15, 0.2) is 4.32 Å². The zero-order chi connectivity index (χ0) is 18.9. The molecule has 26 heavy (non-hydrogen) atoms. The number of carbonyl (C=O) groups is 1. The van der Waals surface area contributed by atoms with Crippen LogP contribution in [-0.2, 0) is 14.8 Å². The number of halogens is 2. The Bertz CT molecular complexity index is 1020. The fourth-order valence-corrected chi connectivity index (χ4v) is 4.40. The molecule has 0 unspecified atom stereocenters. The van der Waals surface area contributed by atoms with E-state index >= 15 is 0 Å². The molecule has 1 N–H and O–H groups in total. The van der Waals surface area contributed by atoms with E-state index in [1.807, 2.05) is 0 Å². The second-order valence-electron chi connectivity index (χ2n) is 5.09. The summed E-state index contributed by atoms with van der Waals surface area (Å²) in [4.78, 5) is 14.5. The number of benzene rings is 2. The summed E-state index contributed by atoms with van der Waals surface area (Å²) in [7, 11) is -4.02. The molecule has 3 rings (SSSR count). The third kappa shape index (κ3) is 3.83. The number of nitrogens with one attached hydrogen (secondary N) is 1. The van der Waals surface area contributed by atoms with Crippen LogP contribution in [0, 0.1) is 11.6 Å². The zero-order valence-corrected chi connectivity index (χ0v) is 15.3. The fraction of sp³-hybridized carbons (Fsp3) is 0. The van der Waals surface area contributed by atoms with Crippen LogP contribution in [0.3, 0.4) is 0 Å². The first kappa shape index (κ1) is 18.6. The first-order valence-electron chi connectivity index (χ1n) is 7.08. The molecule has 1 saturated heterocycles. The Hall–Kier alpha value is -2.14. The van der Waals surface area contributed by atoms with Gasteiger partial charge < -0.3 is 0 Å². The van der Waals surface area contributed by atoms with Crippen molar-refractivity contribution in [3.8, 4) is 0 Å². The number of nitrogens with zero attached hydrogens (tertiary/aromatic N) is 1. The average Bonchev–Trinajstić information content (AvgIpc) is 2.85. The van der Waals surface area contributed by atoms with Gasteiger partial charge in [0, 0.05) is 11.6 Å². The van der Waals surface area contributed by atoms with E-state index in [2.05, 4.69) is 4.83 Å². The fourth-order valence-electron chi connectivity index (χ4n) is 2.08. The second kappa shape index (κ2) is 7.23. The van der Waals surface area contributed by atoms with Crippen molar-refractivity contribution < 1.29 is 22.0 Å². The summed E-state index contributed by atoms with van der Waals surface area (Å²) in [5, 5.41) is 0.704. The number of hydrogen-bond donors (Lipinski definition) is 1. The van der Waals surface area contributed by atoms with E-state index in [1.54, 1.807) is 6.07 Å². The topological polar surface area (TPSA) is 66.5 Å². The highest BCUT2D eigenvalue weighted by atomic mass is 32.2. The monoisotopic (exact) mass is 412 g/mol. The summed E-state index contributed by atoms with van der Waals surface area (Å²) in [6.07, 6.45) is 1.19. The van der Waals surface area contributed by atoms with Gasteiger partial charge in [-0.2, -0.15) is 0 Å². The maximum Gasteiger partial charge on any atom is 0.281 e. The van der Waals surface area contributed by atoms with Crippen molar-refractivity contribution in [3.63, 3.8) is 0 Å². The van der Waals surface area contributed by atoms with E-state index in [0.29, 0.717) is 11.1 Å². The van der Waals surface area contributed by atoms with Gasteiger partial charge in [-0.25, -0.2) is 22.2 Å². The van der Waals surface area contributed by atoms with Gasteiger partial charge in [0.25, 0.3) is 15.9 Å². The molecular formula is C16H10F2N2O3S3. The van der Waals surface area contributed by atoms with Crippen LogP contribution in [0.25, 0.3) is 6.08 Å². The molecule has 1 aliphatic rings. The molecule has 10 heteroatoms. The number of sulfonamides is 1. The quantitative estimate of drug-likeness (QED) is 0.618. The van der Waals surface area contributed by atoms with E-state index in [4.69, 9.17) is 12.2 Å². The zero-order valence-electron chi connectivity index (χ0n) is 12.8. The van der Waals surface area contributed by atoms with Gasteiger partial charge in [0.2, 0.25) is 0 Å². The lowest BCUT2D eigenvalue weighted by Crippen LogP contribution is -2.44. The normalized spacial score (nSPS) is 16.5. The maximum absolute atomic E-state index is 13.8. The van der Waals surface area contributed by atoms with Gasteiger partial charge in [-0.05, 0) is 30.3 Å². The molecule has 5 nitrogen and oxygen atoms in total. The third-order valence-electron chi connectivity index (χ3n) is 3.31. The highest BCUT2D eigenvalue weighted by Crippen LogP contribution is 2.32. The van der Waals surface area contributed by atoms with Gasteiger partial charge >= 0.3 is 0 Å². The number of amides is 1. The van der Waals surface area contributed by atoms with Crippen LogP contribution >= 0.6 is 24.0 Å². The van der Waals surface area contributed by atoms with Crippen molar-refractivity contribution >= 4 is 50.3 Å². The predicted molar refractivity (Wildman–Crippen MR) is 98.1 cm³/mol. The highest BCUT2D eigenvalue weighted by molar-refractivity contribution is 8.26. The molecule has 0 atom stereocenters. The Balaban J connectivity index is 1.86.